The molecule has 1 heterocycles. The van der Waals surface area contributed by atoms with Crippen LogP contribution in [-0.4, -0.2) is 17.0 Å². The Labute approximate surface area is 108 Å². The lowest BCUT2D eigenvalue weighted by molar-refractivity contribution is 0.720. The van der Waals surface area contributed by atoms with E-state index in [0.717, 1.165) is 11.7 Å². The van der Waals surface area contributed by atoms with E-state index < -0.39 is 0 Å². The fourth-order valence-corrected chi connectivity index (χ4v) is 3.19. The summed E-state index contributed by atoms with van der Waals surface area (Å²) in [6, 6.07) is 10.9. The Hall–Kier alpha value is -0.960. The molecule has 2 atom stereocenters. The van der Waals surface area contributed by atoms with Gasteiger partial charge in [0, 0.05) is 5.25 Å². The molecule has 0 aliphatic carbocycles. The van der Waals surface area contributed by atoms with E-state index in [1.165, 1.54) is 18.4 Å². The van der Waals surface area contributed by atoms with Gasteiger partial charge in [-0.1, -0.05) is 55.4 Å². The van der Waals surface area contributed by atoms with Crippen molar-refractivity contribution >= 4 is 16.9 Å². The van der Waals surface area contributed by atoms with Crippen LogP contribution in [0.4, 0.5) is 0 Å². The summed E-state index contributed by atoms with van der Waals surface area (Å²) < 4.78 is 0. The monoisotopic (exact) mass is 248 g/mol. The number of thioether (sulfide) groups is 1. The van der Waals surface area contributed by atoms with E-state index in [0.29, 0.717) is 11.3 Å². The maximum absolute atomic E-state index is 4.57. The van der Waals surface area contributed by atoms with Crippen molar-refractivity contribution in [2.45, 2.75) is 38.0 Å². The maximum atomic E-state index is 4.57. The van der Waals surface area contributed by atoms with Gasteiger partial charge in [-0.05, 0) is 18.9 Å². The highest BCUT2D eigenvalue weighted by Crippen LogP contribution is 2.25. The summed E-state index contributed by atoms with van der Waals surface area (Å²) in [7, 11) is 0. The Kier molecular flexibility index (Phi) is 4.49. The number of nitrogens with zero attached hydrogens (tertiary/aromatic N) is 1. The van der Waals surface area contributed by atoms with E-state index >= 15 is 0 Å². The molecular weight excluding hydrogens is 228 g/mol. The number of nitrogens with one attached hydrogen (secondary N) is 1. The van der Waals surface area contributed by atoms with Crippen molar-refractivity contribution in [3.63, 3.8) is 0 Å². The standard InChI is InChI=1S/C14H20N2S/c1-3-7-13-10-15-14(17-13)16-11(2)12-8-5-4-6-9-12/h4-6,8-9,11,13H,3,7,10H2,1-2H3,(H,15,16). The van der Waals surface area contributed by atoms with Crippen LogP contribution in [0.2, 0.25) is 0 Å². The molecule has 2 nitrogen and oxygen atoms in total. The Morgan fingerprint density at radius 2 is 2.18 bits per heavy atom. The molecule has 0 saturated carbocycles. The number of hydrogen-bond donors (Lipinski definition) is 1. The first-order valence-corrected chi connectivity index (χ1v) is 7.20. The smallest absolute Gasteiger partial charge is 0.157 e. The first-order valence-electron chi connectivity index (χ1n) is 6.32. The van der Waals surface area contributed by atoms with Crippen LogP contribution >= 0.6 is 11.8 Å². The van der Waals surface area contributed by atoms with Gasteiger partial charge in [-0.15, -0.1) is 0 Å². The van der Waals surface area contributed by atoms with Gasteiger partial charge < -0.3 is 5.32 Å². The topological polar surface area (TPSA) is 24.4 Å². The number of benzene rings is 1. The molecule has 3 heteroatoms. The fourth-order valence-electron chi connectivity index (χ4n) is 1.98. The molecule has 92 valence electrons. The Bertz CT molecular complexity index is 375. The molecule has 1 aliphatic heterocycles. The van der Waals surface area contributed by atoms with E-state index in [1.54, 1.807) is 0 Å². The lowest BCUT2D eigenvalue weighted by Crippen LogP contribution is -2.23. The van der Waals surface area contributed by atoms with Crippen LogP contribution in [0.1, 0.15) is 38.3 Å². The summed E-state index contributed by atoms with van der Waals surface area (Å²) in [5.74, 6) is 0. The van der Waals surface area contributed by atoms with Crippen molar-refractivity contribution in [2.24, 2.45) is 4.99 Å². The van der Waals surface area contributed by atoms with Gasteiger partial charge in [-0.3, -0.25) is 4.99 Å². The minimum atomic E-state index is 0.336. The summed E-state index contributed by atoms with van der Waals surface area (Å²) in [4.78, 5) is 4.57. The summed E-state index contributed by atoms with van der Waals surface area (Å²) in [6.07, 6.45) is 2.51. The average Bonchev–Trinajstić information content (AvgIpc) is 2.78. The Morgan fingerprint density at radius 1 is 1.41 bits per heavy atom. The largest absolute Gasteiger partial charge is 0.358 e. The molecular formula is C14H20N2S. The summed E-state index contributed by atoms with van der Waals surface area (Å²) in [5.41, 5.74) is 1.31. The first kappa shape index (κ1) is 12.5. The van der Waals surface area contributed by atoms with Crippen LogP contribution < -0.4 is 5.32 Å². The zero-order chi connectivity index (χ0) is 12.1. The van der Waals surface area contributed by atoms with E-state index in [2.05, 4.69) is 54.5 Å². The third kappa shape index (κ3) is 3.50. The van der Waals surface area contributed by atoms with E-state index in [-0.39, 0.29) is 0 Å². The van der Waals surface area contributed by atoms with Crippen LogP contribution in [0, 0.1) is 0 Å². The SMILES string of the molecule is CCCC1CN=C(NC(C)c2ccccc2)S1. The molecule has 0 amide bonds. The molecule has 1 aromatic carbocycles. The predicted molar refractivity (Wildman–Crippen MR) is 76.6 cm³/mol. The van der Waals surface area contributed by atoms with Crippen molar-refractivity contribution in [2.75, 3.05) is 6.54 Å². The van der Waals surface area contributed by atoms with Gasteiger partial charge >= 0.3 is 0 Å². The van der Waals surface area contributed by atoms with Gasteiger partial charge in [0.2, 0.25) is 0 Å². The first-order chi connectivity index (χ1) is 8.29. The summed E-state index contributed by atoms with van der Waals surface area (Å²) in [6.45, 7) is 5.40. The lowest BCUT2D eigenvalue weighted by atomic mass is 10.1. The van der Waals surface area contributed by atoms with E-state index in [9.17, 15) is 0 Å². The van der Waals surface area contributed by atoms with E-state index in [1.807, 2.05) is 11.8 Å². The predicted octanol–water partition coefficient (Wildman–Crippen LogP) is 3.61. The number of amidine groups is 1. The number of hydrogen-bond acceptors (Lipinski definition) is 3. The molecule has 0 radical (unpaired) electrons. The molecule has 17 heavy (non-hydrogen) atoms. The molecule has 1 N–H and O–H groups in total. The highest BCUT2D eigenvalue weighted by atomic mass is 32.2. The van der Waals surface area contributed by atoms with Gasteiger partial charge in [0.1, 0.15) is 0 Å². The van der Waals surface area contributed by atoms with Gasteiger partial charge in [0.25, 0.3) is 0 Å². The van der Waals surface area contributed by atoms with Crippen molar-refractivity contribution in [1.29, 1.82) is 0 Å². The average molecular weight is 248 g/mol. The summed E-state index contributed by atoms with van der Waals surface area (Å²) in [5, 5.41) is 5.29. The molecule has 2 rings (SSSR count). The van der Waals surface area contributed by atoms with Gasteiger partial charge in [-0.2, -0.15) is 0 Å². The van der Waals surface area contributed by atoms with Crippen molar-refractivity contribution in [3.05, 3.63) is 35.9 Å². The summed E-state index contributed by atoms with van der Waals surface area (Å²) >= 11 is 1.90. The molecule has 0 spiro atoms. The minimum Gasteiger partial charge on any atom is -0.358 e. The molecule has 1 aromatic rings. The van der Waals surface area contributed by atoms with Crippen LogP contribution in [0.5, 0.6) is 0 Å². The Balaban J connectivity index is 1.86. The molecule has 0 saturated heterocycles. The van der Waals surface area contributed by atoms with Crippen LogP contribution in [0.15, 0.2) is 35.3 Å². The second-order valence-electron chi connectivity index (χ2n) is 4.45. The third-order valence-corrected chi connectivity index (χ3v) is 4.16. The highest BCUT2D eigenvalue weighted by Gasteiger charge is 2.19. The van der Waals surface area contributed by atoms with Crippen LogP contribution in [-0.2, 0) is 0 Å². The maximum Gasteiger partial charge on any atom is 0.157 e. The van der Waals surface area contributed by atoms with Gasteiger partial charge in [0.05, 0.1) is 12.6 Å². The van der Waals surface area contributed by atoms with Gasteiger partial charge in [-0.25, -0.2) is 0 Å². The molecule has 0 aromatic heterocycles. The second kappa shape index (κ2) is 6.10. The zero-order valence-corrected chi connectivity index (χ0v) is 11.3. The third-order valence-electron chi connectivity index (χ3n) is 2.97. The van der Waals surface area contributed by atoms with E-state index in [4.69, 9.17) is 0 Å². The minimum absolute atomic E-state index is 0.336. The molecule has 0 bridgehead atoms. The van der Waals surface area contributed by atoms with Crippen LogP contribution in [0.25, 0.3) is 0 Å². The molecule has 0 fully saturated rings. The normalized spacial score (nSPS) is 21.1. The molecule has 2 unspecified atom stereocenters. The van der Waals surface area contributed by atoms with Crippen molar-refractivity contribution in [1.82, 2.24) is 5.32 Å². The molecule has 1 aliphatic rings. The quantitative estimate of drug-likeness (QED) is 0.880. The van der Waals surface area contributed by atoms with Gasteiger partial charge in [0.15, 0.2) is 5.17 Å². The number of aliphatic imine (C=N–C) groups is 1. The van der Waals surface area contributed by atoms with Crippen LogP contribution in [0.3, 0.4) is 0 Å². The number of rotatable bonds is 4. The zero-order valence-electron chi connectivity index (χ0n) is 10.5. The lowest BCUT2D eigenvalue weighted by Gasteiger charge is -2.15. The van der Waals surface area contributed by atoms with Crippen molar-refractivity contribution < 1.29 is 0 Å². The van der Waals surface area contributed by atoms with Crippen molar-refractivity contribution in [3.8, 4) is 0 Å². The fraction of sp³-hybridized carbons (Fsp3) is 0.500. The highest BCUT2D eigenvalue weighted by molar-refractivity contribution is 8.14. The Morgan fingerprint density at radius 3 is 2.88 bits per heavy atom. The second-order valence-corrected chi connectivity index (χ2v) is 5.74.